The SMILES string of the molecule is CCCC[C@H]1C(=O)N(C)CC(=O)N[C@@H](CC(=O)O)C(=O)N[C@@H](C(C)C)C(=O)N[C@@H](Cc2cccc(Cl)c2)C(=O)N[C@H]2Cc3ccc(O)cc3N(CC(=O)N[C@@H](Cc3c[nH]c4ccccc34)C(=O)N[C@@H](CCc3ccc(O)cc3)C(=O)N[C@@H](CC(C)C)C(=O)N[C@H](C(=O)NCC(N)=O)CSCC(=O)N[C@@H](Cc3ccccc3)C(=O)N(C)[C@@H](Cc3ccccc3)C(=O)N1C)C2=O. The number of aromatic nitrogens is 1. The summed E-state index contributed by atoms with van der Waals surface area (Å²) < 4.78 is 0. The number of aryl methyl sites for hydroxylation is 1. The molecule has 2 aliphatic heterocycles. The maximum Gasteiger partial charge on any atom is 0.305 e. The van der Waals surface area contributed by atoms with Crippen LogP contribution in [0.1, 0.15) is 107 Å². The van der Waals surface area contributed by atoms with Gasteiger partial charge in [-0.1, -0.05) is 168 Å². The van der Waals surface area contributed by atoms with Gasteiger partial charge in [0, 0.05) is 87.2 Å². The van der Waals surface area contributed by atoms with Crippen molar-refractivity contribution in [2.75, 3.05) is 57.2 Å². The highest BCUT2D eigenvalue weighted by Gasteiger charge is 2.43. The van der Waals surface area contributed by atoms with E-state index in [4.69, 9.17) is 17.3 Å². The summed E-state index contributed by atoms with van der Waals surface area (Å²) in [6, 6.07) is 23.6. The molecule has 15 amide bonds. The lowest BCUT2D eigenvalue weighted by Crippen LogP contribution is -2.61. The molecule has 35 nitrogen and oxygen atoms in total. The molecule has 6 aromatic carbocycles. The van der Waals surface area contributed by atoms with E-state index in [9.17, 15) is 58.5 Å². The number of phenols is 2. The molecular weight excluding hydrogens is 1700 g/mol. The number of anilines is 1. The van der Waals surface area contributed by atoms with Crippen molar-refractivity contribution < 1.29 is 92.0 Å². The summed E-state index contributed by atoms with van der Waals surface area (Å²) in [5.41, 5.74) is 9.12. The topological polar surface area (TPSA) is 509 Å². The summed E-state index contributed by atoms with van der Waals surface area (Å²) in [5, 5.41) is 58.8. The third kappa shape index (κ3) is 29.1. The number of carboxylic acids is 1. The lowest BCUT2D eigenvalue weighted by atomic mass is 9.95. The van der Waals surface area contributed by atoms with Crippen LogP contribution >= 0.6 is 23.4 Å². The molecule has 129 heavy (non-hydrogen) atoms. The monoisotopic (exact) mass is 1810 g/mol. The van der Waals surface area contributed by atoms with Gasteiger partial charge in [-0.05, 0) is 107 Å². The first-order chi connectivity index (χ1) is 61.4. The number of benzene rings is 6. The molecule has 1 fully saturated rings. The van der Waals surface area contributed by atoms with E-state index in [1.54, 1.807) is 135 Å². The van der Waals surface area contributed by atoms with E-state index >= 15 is 33.6 Å². The number of fused-ring (bicyclic) bond motifs is 5. The molecule has 0 spiro atoms. The number of aromatic amines is 1. The number of nitrogens with one attached hydrogen (secondary N) is 11. The number of primary amides is 1. The van der Waals surface area contributed by atoms with Crippen molar-refractivity contribution >= 4 is 135 Å². The maximum absolute atomic E-state index is 15.5. The van der Waals surface area contributed by atoms with E-state index in [0.717, 1.165) is 26.5 Å². The van der Waals surface area contributed by atoms with Gasteiger partial charge in [0.2, 0.25) is 88.6 Å². The Labute approximate surface area is 756 Å². The number of nitrogens with two attached hydrogens (primary N) is 1. The zero-order chi connectivity index (χ0) is 93.9. The molecule has 1 aromatic heterocycles. The highest BCUT2D eigenvalue weighted by Crippen LogP contribution is 2.32. The number of carbonyl (C=O) groups is 16. The fourth-order valence-electron chi connectivity index (χ4n) is 15.3. The molecule has 2 aliphatic rings. The third-order valence-corrected chi connectivity index (χ3v) is 23.4. The van der Waals surface area contributed by atoms with E-state index in [2.05, 4.69) is 58.2 Å². The average Bonchev–Trinajstić information content (AvgIpc) is 1.31. The highest BCUT2D eigenvalue weighted by molar-refractivity contribution is 8.00. The number of hydrogen-bond acceptors (Lipinski definition) is 19. The second kappa shape index (κ2) is 47.4. The van der Waals surface area contributed by atoms with Crippen LogP contribution < -0.4 is 63.8 Å². The molecule has 9 rings (SSSR count). The van der Waals surface area contributed by atoms with Crippen molar-refractivity contribution in [1.82, 2.24) is 72.9 Å². The van der Waals surface area contributed by atoms with E-state index in [1.807, 2.05) is 6.92 Å². The molecule has 16 N–H and O–H groups in total. The Bertz CT molecular complexity index is 5200. The number of phenolic OH excluding ortho intramolecular Hbond substituents is 2. The number of thioether (sulfide) groups is 1. The Morgan fingerprint density at radius 3 is 1.77 bits per heavy atom. The predicted molar refractivity (Wildman–Crippen MR) is 482 cm³/mol. The molecule has 0 radical (unpaired) electrons. The summed E-state index contributed by atoms with van der Waals surface area (Å²) in [6.45, 7) is 6.01. The van der Waals surface area contributed by atoms with Crippen molar-refractivity contribution in [3.63, 3.8) is 0 Å². The van der Waals surface area contributed by atoms with Crippen LogP contribution in [0.3, 0.4) is 0 Å². The number of aromatic hydroxyl groups is 2. The van der Waals surface area contributed by atoms with Gasteiger partial charge in [0.25, 0.3) is 0 Å². The number of para-hydroxylation sites is 1. The first kappa shape index (κ1) is 99.4. The summed E-state index contributed by atoms with van der Waals surface area (Å²) in [6.07, 6.45) is 0.158. The number of unbranched alkanes of at least 4 members (excludes halogenated alkanes) is 1. The lowest BCUT2D eigenvalue weighted by molar-refractivity contribution is -0.151. The molecule has 0 saturated carbocycles. The molecular formula is C92H113ClN16O19S. The lowest BCUT2D eigenvalue weighted by Gasteiger charge is -2.37. The van der Waals surface area contributed by atoms with Crippen molar-refractivity contribution in [1.29, 1.82) is 0 Å². The molecule has 7 aromatic rings. The minimum absolute atomic E-state index is 0.0243. The highest BCUT2D eigenvalue weighted by atomic mass is 35.5. The quantitative estimate of drug-likeness (QED) is 0.0464. The number of hydrogen-bond donors (Lipinski definition) is 15. The Morgan fingerprint density at radius 2 is 1.11 bits per heavy atom. The van der Waals surface area contributed by atoms with Crippen molar-refractivity contribution in [2.24, 2.45) is 17.6 Å². The maximum atomic E-state index is 15.5. The first-order valence-corrected chi connectivity index (χ1v) is 44.1. The van der Waals surface area contributed by atoms with E-state index in [1.165, 1.54) is 76.3 Å². The van der Waals surface area contributed by atoms with Gasteiger partial charge in [0.05, 0.1) is 31.0 Å². The molecule has 0 aliphatic carbocycles. The van der Waals surface area contributed by atoms with Crippen LogP contribution in [0.4, 0.5) is 5.69 Å². The number of amides is 15. The summed E-state index contributed by atoms with van der Waals surface area (Å²) >= 11 is 7.29. The minimum atomic E-state index is -1.92. The van der Waals surface area contributed by atoms with Crippen molar-refractivity contribution in [3.05, 3.63) is 196 Å². The fourth-order valence-corrected chi connectivity index (χ4v) is 16.3. The zero-order valence-electron chi connectivity index (χ0n) is 73.1. The normalized spacial score (nSPS) is 22.1. The van der Waals surface area contributed by atoms with Crippen molar-refractivity contribution in [3.8, 4) is 11.5 Å². The zero-order valence-corrected chi connectivity index (χ0v) is 74.6. The van der Waals surface area contributed by atoms with Gasteiger partial charge < -0.3 is 98.8 Å². The van der Waals surface area contributed by atoms with E-state index in [0.29, 0.717) is 57.1 Å². The van der Waals surface area contributed by atoms with E-state index in [-0.39, 0.29) is 91.7 Å². The molecule has 0 unspecified atom stereocenters. The molecule has 1 saturated heterocycles. The standard InChI is InChI=1S/C92H113ClN16O19S/c1-9-10-28-73-91(127)106(6)48-77(113)98-69(45-80(116)117)87(123)105-81(53(4)5)88(124)102-67(40-57-24-19-25-60(93)38-57)85(121)103-71-42-58-32-35-62(111)44-74(58)109(90(71)126)49-78(114)97-68(43-59-46-95-64-27-18-17-26-63(59)64)86(122)100-65(36-31-54-29-33-61(110)34-30-54)83(119)101-66(37-52(2)3)84(120)104-72(82(118)96-47-76(94)112)50-129-51-79(115)99-70(39-55-20-13-11-14-21-55)89(125)108(8)75(92(128)107(73)7)41-56-22-15-12-16-23-56/h11-27,29-30,32-35,38,44,46,52-53,65-73,75,81,95,110-111H,9-10,28,31,36-37,39-43,45,47-51H2,1-8H3,(H2,94,112)(H,96,118)(H,97,114)(H,98,113)(H,99,115)(H,100,122)(H,101,119)(H,102,124)(H,103,121)(H,104,120)(H,105,123)(H,116,117)/t65-,66-,67-,68-,69-,70-,71-,72-,73-,75-,81-/m0/s1. The smallest absolute Gasteiger partial charge is 0.305 e. The molecule has 688 valence electrons. The Morgan fingerprint density at radius 1 is 0.535 bits per heavy atom. The van der Waals surface area contributed by atoms with Crippen LogP contribution in [0.15, 0.2) is 158 Å². The second-order valence-electron chi connectivity index (χ2n) is 33.0. The van der Waals surface area contributed by atoms with Gasteiger partial charge in [-0.25, -0.2) is 0 Å². The van der Waals surface area contributed by atoms with Crippen LogP contribution in [0, 0.1) is 11.8 Å². The number of carboxylic acid groups (broad SMARTS) is 1. The largest absolute Gasteiger partial charge is 0.508 e. The van der Waals surface area contributed by atoms with Gasteiger partial charge >= 0.3 is 5.97 Å². The fraction of sp³-hybridized carbons (Fsp3) is 0.413. The Hall–Kier alpha value is -13.4. The van der Waals surface area contributed by atoms with Crippen LogP contribution in [0.5, 0.6) is 11.5 Å². The Kier molecular flexibility index (Phi) is 36.5. The van der Waals surface area contributed by atoms with Gasteiger partial charge in [0.15, 0.2) is 0 Å². The molecule has 11 atom stereocenters. The Balaban J connectivity index is 1.11. The minimum Gasteiger partial charge on any atom is -0.508 e. The molecule has 2 bridgehead atoms. The predicted octanol–water partition coefficient (Wildman–Crippen LogP) is 2.92. The third-order valence-electron chi connectivity index (χ3n) is 22.2. The van der Waals surface area contributed by atoms with E-state index < -0.39 is 199 Å². The number of likely N-dealkylation sites (N-methyl/N-ethyl adjacent to an activating group) is 3. The number of rotatable bonds is 22. The molecule has 37 heteroatoms. The number of halogens is 1. The summed E-state index contributed by atoms with van der Waals surface area (Å²) in [7, 11) is 3.98. The number of aliphatic carboxylic acids is 1. The van der Waals surface area contributed by atoms with Gasteiger partial charge in [-0.2, -0.15) is 0 Å². The van der Waals surface area contributed by atoms with Gasteiger partial charge in [0.1, 0.15) is 84.5 Å². The van der Waals surface area contributed by atoms with Crippen LogP contribution in [-0.2, 0) is 115 Å². The second-order valence-corrected chi connectivity index (χ2v) is 34.5. The summed E-state index contributed by atoms with van der Waals surface area (Å²) in [4.78, 5) is 242. The first-order valence-electron chi connectivity index (χ1n) is 42.6. The van der Waals surface area contributed by atoms with Gasteiger partial charge in [-0.3, -0.25) is 76.7 Å². The average molecular weight is 1810 g/mol. The van der Waals surface area contributed by atoms with Crippen LogP contribution in [0.2, 0.25) is 5.02 Å². The van der Waals surface area contributed by atoms with Crippen LogP contribution in [-0.4, -0.2) is 248 Å². The molecule has 3 heterocycles. The van der Waals surface area contributed by atoms with Crippen LogP contribution in [0.25, 0.3) is 10.9 Å². The number of nitrogens with zero attached hydrogens (tertiary/aromatic N) is 4. The number of H-pyrrole nitrogens is 1. The van der Waals surface area contributed by atoms with Crippen molar-refractivity contribution in [2.45, 2.75) is 178 Å². The number of carbonyl (C=O) groups excluding carboxylic acids is 15. The summed E-state index contributed by atoms with van der Waals surface area (Å²) in [5.74, 6) is -17.9. The van der Waals surface area contributed by atoms with Gasteiger partial charge in [-0.15, -0.1) is 11.8 Å².